The largest absolute Gasteiger partial charge is 0.350 e. The molecule has 10 nitrogen and oxygen atoms in total. The Hall–Kier alpha value is -3.47. The predicted octanol–water partition coefficient (Wildman–Crippen LogP) is 3.39. The molecule has 2 aromatic rings. The van der Waals surface area contributed by atoms with Crippen molar-refractivity contribution in [3.63, 3.8) is 0 Å². The van der Waals surface area contributed by atoms with Gasteiger partial charge in [0.05, 0.1) is 16.9 Å². The van der Waals surface area contributed by atoms with Gasteiger partial charge in [-0.15, -0.1) is 0 Å². The van der Waals surface area contributed by atoms with E-state index >= 15 is 0 Å². The molecule has 2 rings (SSSR count). The Morgan fingerprint density at radius 2 is 1.72 bits per heavy atom. The van der Waals surface area contributed by atoms with Crippen LogP contribution in [0.15, 0.2) is 48.5 Å². The first-order chi connectivity index (χ1) is 16.6. The van der Waals surface area contributed by atoms with Crippen molar-refractivity contribution in [2.24, 2.45) is 0 Å². The molecule has 2 amide bonds. The summed E-state index contributed by atoms with van der Waals surface area (Å²) >= 11 is 0. The zero-order valence-corrected chi connectivity index (χ0v) is 22.3. The number of anilines is 1. The molecule has 0 aromatic heterocycles. The van der Waals surface area contributed by atoms with Crippen LogP contribution in [-0.2, 0) is 26.2 Å². The molecule has 0 bridgehead atoms. The smallest absolute Gasteiger partial charge is 0.271 e. The van der Waals surface area contributed by atoms with Crippen LogP contribution >= 0.6 is 0 Å². The molecular weight excluding hydrogens is 484 g/mol. The SMILES string of the molecule is CC[C@H](C(=O)NC(C)(C)C)N(Cc1ccc(C)cc1)C(=O)CN(c1cccc([N+](=O)[O-])c1)S(C)(=O)=O. The number of nitrogens with zero attached hydrogens (tertiary/aromatic N) is 3. The quantitative estimate of drug-likeness (QED) is 0.379. The third-order valence-electron chi connectivity index (χ3n) is 5.37. The van der Waals surface area contributed by atoms with E-state index in [1.165, 1.54) is 23.1 Å². The Morgan fingerprint density at radius 3 is 2.22 bits per heavy atom. The van der Waals surface area contributed by atoms with Gasteiger partial charge in [-0.05, 0) is 45.7 Å². The highest BCUT2D eigenvalue weighted by atomic mass is 32.2. The number of non-ortho nitro benzene ring substituents is 1. The van der Waals surface area contributed by atoms with Crippen LogP contribution in [0.25, 0.3) is 0 Å². The number of aryl methyl sites for hydroxylation is 1. The number of nitro benzene ring substituents is 1. The zero-order chi connectivity index (χ0) is 27.3. The van der Waals surface area contributed by atoms with Gasteiger partial charge in [-0.1, -0.05) is 42.8 Å². The summed E-state index contributed by atoms with van der Waals surface area (Å²) in [7, 11) is -3.99. The van der Waals surface area contributed by atoms with Crippen LogP contribution in [0.4, 0.5) is 11.4 Å². The van der Waals surface area contributed by atoms with Gasteiger partial charge >= 0.3 is 0 Å². The minimum Gasteiger partial charge on any atom is -0.350 e. The summed E-state index contributed by atoms with van der Waals surface area (Å²) in [5.74, 6) is -0.963. The first-order valence-corrected chi connectivity index (χ1v) is 13.4. The Kier molecular flexibility index (Phi) is 9.20. The molecule has 196 valence electrons. The number of benzene rings is 2. The number of carbonyl (C=O) groups is 2. The van der Waals surface area contributed by atoms with Crippen LogP contribution in [0.5, 0.6) is 0 Å². The fraction of sp³-hybridized carbons (Fsp3) is 0.440. The number of hydrogen-bond acceptors (Lipinski definition) is 6. The predicted molar refractivity (Wildman–Crippen MR) is 139 cm³/mol. The first-order valence-electron chi connectivity index (χ1n) is 11.5. The Morgan fingerprint density at radius 1 is 1.11 bits per heavy atom. The van der Waals surface area contributed by atoms with Crippen molar-refractivity contribution < 1.29 is 22.9 Å². The molecular formula is C25H34N4O6S. The summed E-state index contributed by atoms with van der Waals surface area (Å²) in [5, 5.41) is 14.1. The molecule has 0 heterocycles. The number of amides is 2. The lowest BCUT2D eigenvalue weighted by atomic mass is 10.1. The van der Waals surface area contributed by atoms with E-state index in [0.29, 0.717) is 6.42 Å². The van der Waals surface area contributed by atoms with Crippen LogP contribution in [0, 0.1) is 17.0 Å². The molecule has 0 radical (unpaired) electrons. The average molecular weight is 519 g/mol. The van der Waals surface area contributed by atoms with Crippen LogP contribution in [0.2, 0.25) is 0 Å². The van der Waals surface area contributed by atoms with Gasteiger partial charge in [0.15, 0.2) is 0 Å². The van der Waals surface area contributed by atoms with Crippen LogP contribution in [-0.4, -0.2) is 54.4 Å². The Balaban J connectivity index is 2.49. The third-order valence-corrected chi connectivity index (χ3v) is 6.51. The average Bonchev–Trinajstić information content (AvgIpc) is 2.76. The molecule has 0 saturated heterocycles. The molecule has 11 heteroatoms. The second-order valence-electron chi connectivity index (χ2n) is 9.72. The summed E-state index contributed by atoms with van der Waals surface area (Å²) in [4.78, 5) is 38.7. The molecule has 1 atom stereocenters. The van der Waals surface area contributed by atoms with E-state index < -0.39 is 39.0 Å². The number of hydrogen-bond donors (Lipinski definition) is 1. The van der Waals surface area contributed by atoms with Gasteiger partial charge in [0.1, 0.15) is 12.6 Å². The number of sulfonamides is 1. The highest BCUT2D eigenvalue weighted by Crippen LogP contribution is 2.24. The van der Waals surface area contributed by atoms with Crippen molar-refractivity contribution in [1.82, 2.24) is 10.2 Å². The maximum absolute atomic E-state index is 13.6. The molecule has 2 aromatic carbocycles. The van der Waals surface area contributed by atoms with Crippen LogP contribution < -0.4 is 9.62 Å². The van der Waals surface area contributed by atoms with E-state index in [-0.39, 0.29) is 23.8 Å². The van der Waals surface area contributed by atoms with E-state index in [1.54, 1.807) is 6.92 Å². The maximum atomic E-state index is 13.6. The minimum atomic E-state index is -3.99. The highest BCUT2D eigenvalue weighted by molar-refractivity contribution is 7.92. The van der Waals surface area contributed by atoms with E-state index in [4.69, 9.17) is 0 Å². The van der Waals surface area contributed by atoms with E-state index in [9.17, 15) is 28.1 Å². The summed E-state index contributed by atoms with van der Waals surface area (Å²) in [6.07, 6.45) is 1.22. The fourth-order valence-corrected chi connectivity index (χ4v) is 4.48. The lowest BCUT2D eigenvalue weighted by Crippen LogP contribution is -2.55. The molecule has 36 heavy (non-hydrogen) atoms. The molecule has 0 spiro atoms. The monoisotopic (exact) mass is 518 g/mol. The van der Waals surface area contributed by atoms with Crippen LogP contribution in [0.1, 0.15) is 45.2 Å². The van der Waals surface area contributed by atoms with Crippen molar-refractivity contribution in [3.05, 3.63) is 69.8 Å². The number of rotatable bonds is 10. The van der Waals surface area contributed by atoms with Crippen molar-refractivity contribution in [2.45, 2.75) is 59.2 Å². The molecule has 0 fully saturated rings. The summed E-state index contributed by atoms with van der Waals surface area (Å²) < 4.78 is 26.1. The summed E-state index contributed by atoms with van der Waals surface area (Å²) in [6, 6.07) is 11.7. The van der Waals surface area contributed by atoms with Crippen molar-refractivity contribution in [2.75, 3.05) is 17.1 Å². The fourth-order valence-electron chi connectivity index (χ4n) is 3.64. The van der Waals surface area contributed by atoms with Gasteiger partial charge in [0.25, 0.3) is 5.69 Å². The topological polar surface area (TPSA) is 130 Å². The van der Waals surface area contributed by atoms with Gasteiger partial charge in [0, 0.05) is 24.2 Å². The number of nitro groups is 1. The van der Waals surface area contributed by atoms with E-state index in [0.717, 1.165) is 27.8 Å². The van der Waals surface area contributed by atoms with Crippen molar-refractivity contribution in [3.8, 4) is 0 Å². The van der Waals surface area contributed by atoms with Gasteiger partial charge < -0.3 is 10.2 Å². The Labute approximate surface area is 212 Å². The number of carbonyl (C=O) groups excluding carboxylic acids is 2. The Bertz CT molecular complexity index is 1210. The normalized spacial score (nSPS) is 12.5. The minimum absolute atomic E-state index is 0.0115. The molecule has 1 N–H and O–H groups in total. The highest BCUT2D eigenvalue weighted by Gasteiger charge is 2.33. The van der Waals surface area contributed by atoms with Crippen molar-refractivity contribution in [1.29, 1.82) is 0 Å². The van der Waals surface area contributed by atoms with E-state index in [2.05, 4.69) is 5.32 Å². The lowest BCUT2D eigenvalue weighted by Gasteiger charge is -2.34. The molecule has 0 aliphatic carbocycles. The van der Waals surface area contributed by atoms with E-state index in [1.807, 2.05) is 52.0 Å². The summed E-state index contributed by atoms with van der Waals surface area (Å²) in [6.45, 7) is 8.66. The molecule has 0 aliphatic rings. The summed E-state index contributed by atoms with van der Waals surface area (Å²) in [5.41, 5.74) is 0.953. The second-order valence-corrected chi connectivity index (χ2v) is 11.6. The third kappa shape index (κ3) is 8.04. The van der Waals surface area contributed by atoms with Crippen LogP contribution in [0.3, 0.4) is 0 Å². The van der Waals surface area contributed by atoms with Gasteiger partial charge in [-0.25, -0.2) is 8.42 Å². The number of nitrogens with one attached hydrogen (secondary N) is 1. The van der Waals surface area contributed by atoms with Gasteiger partial charge in [-0.3, -0.25) is 24.0 Å². The van der Waals surface area contributed by atoms with Gasteiger partial charge in [-0.2, -0.15) is 0 Å². The van der Waals surface area contributed by atoms with Gasteiger partial charge in [0.2, 0.25) is 21.8 Å². The molecule has 0 aliphatic heterocycles. The zero-order valence-electron chi connectivity index (χ0n) is 21.5. The van der Waals surface area contributed by atoms with Crippen molar-refractivity contribution >= 4 is 33.2 Å². The molecule has 0 saturated carbocycles. The first kappa shape index (κ1) is 28.8. The standard InChI is InChI=1S/C25H34N4O6S/c1-7-22(24(31)26-25(3,4)5)27(16-19-13-11-18(2)12-14-19)23(30)17-28(36(6,34)35)20-9-8-10-21(15-20)29(32)33/h8-15,22H,7,16-17H2,1-6H3,(H,26,31)/t22-/m1/s1. The molecule has 0 unspecified atom stereocenters. The maximum Gasteiger partial charge on any atom is 0.271 e. The lowest BCUT2D eigenvalue weighted by molar-refractivity contribution is -0.384. The second kappa shape index (κ2) is 11.5.